The Morgan fingerprint density at radius 1 is 1.67 bits per heavy atom. The van der Waals surface area contributed by atoms with Crippen LogP contribution in [0.5, 0.6) is 0 Å². The van der Waals surface area contributed by atoms with Crippen molar-refractivity contribution in [3.05, 3.63) is 29.3 Å². The standard InChI is InChI=1S/C10H7BrFNO2/c11-5-2-1-3-8-9(12)7(10(14)15)4-6-13-8/h4,6H,2,5H2,(H,14,15). The third kappa shape index (κ3) is 3.03. The quantitative estimate of drug-likeness (QED) is 0.662. The number of pyridine rings is 1. The number of hydrogen-bond acceptors (Lipinski definition) is 2. The fourth-order valence-corrected chi connectivity index (χ4v) is 1.09. The van der Waals surface area contributed by atoms with Crippen LogP contribution >= 0.6 is 15.9 Å². The molecule has 0 atom stereocenters. The largest absolute Gasteiger partial charge is 0.478 e. The minimum Gasteiger partial charge on any atom is -0.478 e. The highest BCUT2D eigenvalue weighted by Gasteiger charge is 2.13. The topological polar surface area (TPSA) is 50.2 Å². The van der Waals surface area contributed by atoms with Crippen LogP contribution in [-0.4, -0.2) is 21.4 Å². The van der Waals surface area contributed by atoms with Gasteiger partial charge in [-0.1, -0.05) is 21.9 Å². The summed E-state index contributed by atoms with van der Waals surface area (Å²) < 4.78 is 13.4. The number of nitrogens with zero attached hydrogens (tertiary/aromatic N) is 1. The molecule has 5 heteroatoms. The number of halogens is 2. The van der Waals surface area contributed by atoms with Crippen LogP contribution in [0.4, 0.5) is 4.39 Å². The highest BCUT2D eigenvalue weighted by Crippen LogP contribution is 2.09. The van der Waals surface area contributed by atoms with Gasteiger partial charge in [-0.15, -0.1) is 0 Å². The first-order chi connectivity index (χ1) is 7.16. The Labute approximate surface area is 94.5 Å². The lowest BCUT2D eigenvalue weighted by Gasteiger charge is -1.97. The van der Waals surface area contributed by atoms with E-state index in [1.807, 2.05) is 0 Å². The van der Waals surface area contributed by atoms with Gasteiger partial charge in [-0.25, -0.2) is 14.2 Å². The predicted molar refractivity (Wildman–Crippen MR) is 56.4 cm³/mol. The fourth-order valence-electron chi connectivity index (χ4n) is 0.890. The van der Waals surface area contributed by atoms with Gasteiger partial charge in [0.2, 0.25) is 0 Å². The molecule has 0 saturated carbocycles. The molecule has 0 amide bonds. The number of carboxylic acids is 1. The smallest absolute Gasteiger partial charge is 0.338 e. The maximum Gasteiger partial charge on any atom is 0.338 e. The van der Waals surface area contributed by atoms with E-state index in [-0.39, 0.29) is 5.69 Å². The van der Waals surface area contributed by atoms with Gasteiger partial charge in [0.05, 0.1) is 5.56 Å². The molecule has 0 aliphatic rings. The molecular weight excluding hydrogens is 265 g/mol. The van der Waals surface area contributed by atoms with Crippen LogP contribution in [-0.2, 0) is 0 Å². The van der Waals surface area contributed by atoms with E-state index >= 15 is 0 Å². The summed E-state index contributed by atoms with van der Waals surface area (Å²) in [5, 5.41) is 9.32. The summed E-state index contributed by atoms with van der Waals surface area (Å²) in [6.07, 6.45) is 1.78. The molecule has 0 saturated heterocycles. The zero-order valence-electron chi connectivity index (χ0n) is 7.63. The Hall–Kier alpha value is -1.41. The molecular formula is C10H7BrFNO2. The molecule has 0 unspecified atom stereocenters. The number of aromatic carboxylic acids is 1. The van der Waals surface area contributed by atoms with Crippen molar-refractivity contribution >= 4 is 21.9 Å². The number of carboxylic acid groups (broad SMARTS) is 1. The molecule has 0 radical (unpaired) electrons. The summed E-state index contributed by atoms with van der Waals surface area (Å²) in [7, 11) is 0. The van der Waals surface area contributed by atoms with Gasteiger partial charge in [0.1, 0.15) is 5.69 Å². The predicted octanol–water partition coefficient (Wildman–Crippen LogP) is 2.06. The Morgan fingerprint density at radius 3 is 3.00 bits per heavy atom. The Bertz CT molecular complexity index is 437. The van der Waals surface area contributed by atoms with Gasteiger partial charge in [0.15, 0.2) is 5.82 Å². The third-order valence-corrected chi connectivity index (χ3v) is 1.94. The van der Waals surface area contributed by atoms with Crippen molar-refractivity contribution < 1.29 is 14.3 Å². The molecule has 1 aromatic rings. The first-order valence-electron chi connectivity index (χ1n) is 4.09. The summed E-state index contributed by atoms with van der Waals surface area (Å²) in [5.74, 6) is 2.94. The van der Waals surface area contributed by atoms with Gasteiger partial charge in [-0.2, -0.15) is 0 Å². The Kier molecular flexibility index (Phi) is 4.25. The van der Waals surface area contributed by atoms with Crippen molar-refractivity contribution in [1.29, 1.82) is 0 Å². The summed E-state index contributed by atoms with van der Waals surface area (Å²) in [6.45, 7) is 0. The first-order valence-corrected chi connectivity index (χ1v) is 5.21. The lowest BCUT2D eigenvalue weighted by atomic mass is 10.2. The van der Waals surface area contributed by atoms with E-state index in [0.717, 1.165) is 6.07 Å². The van der Waals surface area contributed by atoms with Crippen molar-refractivity contribution in [1.82, 2.24) is 4.98 Å². The van der Waals surface area contributed by atoms with E-state index in [9.17, 15) is 9.18 Å². The SMILES string of the molecule is O=C(O)c1ccnc(C#CCCBr)c1F. The molecule has 1 rings (SSSR count). The highest BCUT2D eigenvalue weighted by atomic mass is 79.9. The van der Waals surface area contributed by atoms with Crippen LogP contribution in [0, 0.1) is 17.7 Å². The summed E-state index contributed by atoms with van der Waals surface area (Å²) in [4.78, 5) is 14.2. The third-order valence-electron chi connectivity index (χ3n) is 1.55. The molecule has 78 valence electrons. The van der Waals surface area contributed by atoms with Gasteiger partial charge in [0.25, 0.3) is 0 Å². The molecule has 0 aliphatic carbocycles. The second-order valence-electron chi connectivity index (χ2n) is 2.57. The Morgan fingerprint density at radius 2 is 2.40 bits per heavy atom. The molecule has 3 nitrogen and oxygen atoms in total. The van der Waals surface area contributed by atoms with Gasteiger partial charge in [-0.05, 0) is 12.0 Å². The van der Waals surface area contributed by atoms with Crippen molar-refractivity contribution in [3.8, 4) is 11.8 Å². The van der Waals surface area contributed by atoms with Crippen molar-refractivity contribution in [2.24, 2.45) is 0 Å². The average Bonchev–Trinajstić information content (AvgIpc) is 2.20. The summed E-state index contributed by atoms with van der Waals surface area (Å²) >= 11 is 3.17. The minimum atomic E-state index is -1.32. The van der Waals surface area contributed by atoms with E-state index < -0.39 is 17.3 Å². The van der Waals surface area contributed by atoms with Crippen LogP contribution in [0.2, 0.25) is 0 Å². The molecule has 0 fully saturated rings. The number of hydrogen-bond donors (Lipinski definition) is 1. The van der Waals surface area contributed by atoms with Crippen LogP contribution < -0.4 is 0 Å². The normalized spacial score (nSPS) is 9.20. The molecule has 0 aliphatic heterocycles. The van der Waals surface area contributed by atoms with Gasteiger partial charge < -0.3 is 5.11 Å². The molecule has 0 spiro atoms. The highest BCUT2D eigenvalue weighted by molar-refractivity contribution is 9.09. The van der Waals surface area contributed by atoms with Crippen molar-refractivity contribution in [3.63, 3.8) is 0 Å². The fraction of sp³-hybridized carbons (Fsp3) is 0.200. The lowest BCUT2D eigenvalue weighted by Crippen LogP contribution is -2.03. The minimum absolute atomic E-state index is 0.129. The van der Waals surface area contributed by atoms with Crippen LogP contribution in [0.1, 0.15) is 22.5 Å². The van der Waals surface area contributed by atoms with E-state index in [0.29, 0.717) is 11.8 Å². The lowest BCUT2D eigenvalue weighted by molar-refractivity contribution is 0.0691. The zero-order chi connectivity index (χ0) is 11.3. The van der Waals surface area contributed by atoms with E-state index in [1.165, 1.54) is 6.20 Å². The number of rotatable bonds is 2. The Balaban J connectivity index is 3.06. The second kappa shape index (κ2) is 5.47. The summed E-state index contributed by atoms with van der Waals surface area (Å²) in [6, 6.07) is 1.10. The molecule has 1 heterocycles. The van der Waals surface area contributed by atoms with Crippen LogP contribution in [0.3, 0.4) is 0 Å². The van der Waals surface area contributed by atoms with Gasteiger partial charge in [-0.3, -0.25) is 0 Å². The van der Waals surface area contributed by atoms with Crippen LogP contribution in [0.25, 0.3) is 0 Å². The average molecular weight is 272 g/mol. The van der Waals surface area contributed by atoms with E-state index in [1.54, 1.807) is 0 Å². The maximum absolute atomic E-state index is 13.4. The van der Waals surface area contributed by atoms with Crippen molar-refractivity contribution in [2.75, 3.05) is 5.33 Å². The number of carbonyl (C=O) groups is 1. The first kappa shape index (κ1) is 11.7. The van der Waals surface area contributed by atoms with E-state index in [2.05, 4.69) is 32.8 Å². The van der Waals surface area contributed by atoms with Crippen molar-refractivity contribution in [2.45, 2.75) is 6.42 Å². The number of alkyl halides is 1. The van der Waals surface area contributed by atoms with Gasteiger partial charge in [0, 0.05) is 17.9 Å². The van der Waals surface area contributed by atoms with Gasteiger partial charge >= 0.3 is 5.97 Å². The molecule has 1 N–H and O–H groups in total. The zero-order valence-corrected chi connectivity index (χ0v) is 9.21. The molecule has 15 heavy (non-hydrogen) atoms. The molecule has 0 aromatic carbocycles. The van der Waals surface area contributed by atoms with E-state index in [4.69, 9.17) is 5.11 Å². The van der Waals surface area contributed by atoms with Crippen LogP contribution in [0.15, 0.2) is 12.3 Å². The maximum atomic E-state index is 13.4. The monoisotopic (exact) mass is 271 g/mol. The molecule has 0 bridgehead atoms. The second-order valence-corrected chi connectivity index (χ2v) is 3.36. The summed E-state index contributed by atoms with van der Waals surface area (Å²) in [5.41, 5.74) is -0.538. The number of aromatic nitrogens is 1. The molecule has 1 aromatic heterocycles.